The van der Waals surface area contributed by atoms with Crippen LogP contribution in [0.4, 0.5) is 5.82 Å². The molecule has 1 heterocycles. The zero-order chi connectivity index (χ0) is 11.8. The van der Waals surface area contributed by atoms with E-state index in [2.05, 4.69) is 34.2 Å². The van der Waals surface area contributed by atoms with Crippen LogP contribution in [-0.4, -0.2) is 9.97 Å². The molecule has 0 aliphatic carbocycles. The lowest BCUT2D eigenvalue weighted by Gasteiger charge is -2.05. The summed E-state index contributed by atoms with van der Waals surface area (Å²) in [5, 5.41) is 3.28. The van der Waals surface area contributed by atoms with Gasteiger partial charge in [-0.2, -0.15) is 0 Å². The van der Waals surface area contributed by atoms with Gasteiger partial charge in [-0.3, -0.25) is 0 Å². The van der Waals surface area contributed by atoms with Crippen LogP contribution in [0.2, 0.25) is 0 Å². The first-order chi connectivity index (χ1) is 8.28. The van der Waals surface area contributed by atoms with E-state index >= 15 is 0 Å². The Balaban J connectivity index is 2.43. The largest absolute Gasteiger partial charge is 0.383 e. The Morgan fingerprint density at radius 3 is 2.47 bits per heavy atom. The van der Waals surface area contributed by atoms with Crippen LogP contribution in [0, 0.1) is 0 Å². The number of fused-ring (bicyclic) bond motifs is 2. The fourth-order valence-electron chi connectivity index (χ4n) is 2.05. The summed E-state index contributed by atoms with van der Waals surface area (Å²) in [5.41, 5.74) is 6.90. The predicted molar refractivity (Wildman–Crippen MR) is 70.8 cm³/mol. The van der Waals surface area contributed by atoms with Crippen LogP contribution in [0.3, 0.4) is 0 Å². The van der Waals surface area contributed by atoms with Crippen LogP contribution < -0.4 is 5.73 Å². The number of anilines is 1. The zero-order valence-electron chi connectivity index (χ0n) is 9.64. The summed E-state index contributed by atoms with van der Waals surface area (Å²) in [7, 11) is 0. The second-order valence-corrected chi connectivity index (χ2v) is 4.10. The van der Waals surface area contributed by atoms with Crippen molar-refractivity contribution in [2.24, 2.45) is 0 Å². The Labute approximate surface area is 99.3 Å². The number of benzene rings is 2. The van der Waals surface area contributed by atoms with Gasteiger partial charge in [0.2, 0.25) is 0 Å². The monoisotopic (exact) mass is 223 g/mol. The number of aromatic nitrogens is 2. The predicted octanol–water partition coefficient (Wildman–Crippen LogP) is 2.93. The van der Waals surface area contributed by atoms with E-state index in [0.29, 0.717) is 5.82 Å². The van der Waals surface area contributed by atoms with E-state index in [9.17, 15) is 0 Å². The van der Waals surface area contributed by atoms with Gasteiger partial charge in [-0.15, -0.1) is 0 Å². The highest BCUT2D eigenvalue weighted by Gasteiger charge is 2.05. The molecular weight excluding hydrogens is 210 g/mol. The number of hydrogen-bond acceptors (Lipinski definition) is 3. The second-order valence-electron chi connectivity index (χ2n) is 4.10. The molecule has 0 saturated carbocycles. The highest BCUT2D eigenvalue weighted by molar-refractivity contribution is 6.00. The van der Waals surface area contributed by atoms with Crippen LogP contribution in [-0.2, 0) is 6.42 Å². The van der Waals surface area contributed by atoms with E-state index < -0.39 is 0 Å². The summed E-state index contributed by atoms with van der Waals surface area (Å²) in [4.78, 5) is 8.81. The molecule has 2 N–H and O–H groups in total. The summed E-state index contributed by atoms with van der Waals surface area (Å²) in [6.07, 6.45) is 0.799. The van der Waals surface area contributed by atoms with Gasteiger partial charge >= 0.3 is 0 Å². The van der Waals surface area contributed by atoms with Gasteiger partial charge in [0.05, 0.1) is 5.52 Å². The van der Waals surface area contributed by atoms with Gasteiger partial charge in [-0.05, 0) is 22.9 Å². The van der Waals surface area contributed by atoms with Crippen molar-refractivity contribution >= 4 is 27.5 Å². The average Bonchev–Trinajstić information content (AvgIpc) is 2.36. The molecule has 3 nitrogen and oxygen atoms in total. The lowest BCUT2D eigenvalue weighted by molar-refractivity contribution is 0.966. The number of nitrogen functional groups attached to an aromatic ring is 1. The molecule has 3 heteroatoms. The molecular formula is C14H13N3. The Morgan fingerprint density at radius 2 is 1.76 bits per heavy atom. The third-order valence-electron chi connectivity index (χ3n) is 2.96. The van der Waals surface area contributed by atoms with Gasteiger partial charge in [0.15, 0.2) is 0 Å². The molecule has 0 atom stereocenters. The fraction of sp³-hybridized carbons (Fsp3) is 0.143. The van der Waals surface area contributed by atoms with Gasteiger partial charge in [0.1, 0.15) is 11.6 Å². The molecule has 0 fully saturated rings. The zero-order valence-corrected chi connectivity index (χ0v) is 9.64. The Kier molecular flexibility index (Phi) is 2.18. The molecule has 1 aromatic heterocycles. The van der Waals surface area contributed by atoms with Crippen LogP contribution >= 0.6 is 0 Å². The Hall–Kier alpha value is -2.16. The minimum atomic E-state index is 0.567. The Bertz CT molecular complexity index is 704. The maximum absolute atomic E-state index is 5.97. The maximum Gasteiger partial charge on any atom is 0.135 e. The highest BCUT2D eigenvalue weighted by Crippen LogP contribution is 2.24. The molecule has 2 aromatic carbocycles. The molecule has 0 unspecified atom stereocenters. The van der Waals surface area contributed by atoms with E-state index in [0.717, 1.165) is 23.1 Å². The van der Waals surface area contributed by atoms with Crippen LogP contribution in [0.15, 0.2) is 36.4 Å². The lowest BCUT2D eigenvalue weighted by Crippen LogP contribution is -1.99. The minimum Gasteiger partial charge on any atom is -0.383 e. The van der Waals surface area contributed by atoms with Gasteiger partial charge < -0.3 is 5.73 Å². The first kappa shape index (κ1) is 10.0. The third kappa shape index (κ3) is 1.60. The number of aryl methyl sites for hydroxylation is 1. The van der Waals surface area contributed by atoms with Crippen molar-refractivity contribution in [3.63, 3.8) is 0 Å². The number of nitrogens with two attached hydrogens (primary N) is 1. The standard InChI is InChI=1S/C14H13N3/c1-2-13-16-12-8-10-6-4-3-5-9(10)7-11(12)14(15)17-13/h3-8H,2H2,1H3,(H2,15,16,17). The molecule has 3 aromatic rings. The Morgan fingerprint density at radius 1 is 1.06 bits per heavy atom. The topological polar surface area (TPSA) is 51.8 Å². The molecule has 3 rings (SSSR count). The van der Waals surface area contributed by atoms with E-state index in [-0.39, 0.29) is 0 Å². The molecule has 0 aliphatic rings. The summed E-state index contributed by atoms with van der Waals surface area (Å²) in [6.45, 7) is 2.03. The van der Waals surface area contributed by atoms with Crippen molar-refractivity contribution in [1.29, 1.82) is 0 Å². The smallest absolute Gasteiger partial charge is 0.135 e. The van der Waals surface area contributed by atoms with Gasteiger partial charge in [-0.25, -0.2) is 9.97 Å². The van der Waals surface area contributed by atoms with E-state index in [1.165, 1.54) is 10.8 Å². The van der Waals surface area contributed by atoms with Crippen molar-refractivity contribution in [2.75, 3.05) is 5.73 Å². The first-order valence-electron chi connectivity index (χ1n) is 5.73. The van der Waals surface area contributed by atoms with Crippen molar-refractivity contribution in [1.82, 2.24) is 9.97 Å². The van der Waals surface area contributed by atoms with Gasteiger partial charge in [0.25, 0.3) is 0 Å². The fourth-order valence-corrected chi connectivity index (χ4v) is 2.05. The molecule has 0 spiro atoms. The molecule has 0 amide bonds. The van der Waals surface area contributed by atoms with E-state index in [1.54, 1.807) is 0 Å². The minimum absolute atomic E-state index is 0.567. The van der Waals surface area contributed by atoms with Crippen molar-refractivity contribution in [3.05, 3.63) is 42.2 Å². The van der Waals surface area contributed by atoms with E-state index in [1.807, 2.05) is 19.1 Å². The van der Waals surface area contributed by atoms with Gasteiger partial charge in [-0.1, -0.05) is 31.2 Å². The van der Waals surface area contributed by atoms with Gasteiger partial charge in [0, 0.05) is 11.8 Å². The summed E-state index contributed by atoms with van der Waals surface area (Å²) in [6, 6.07) is 12.3. The van der Waals surface area contributed by atoms with Crippen LogP contribution in [0.25, 0.3) is 21.7 Å². The first-order valence-corrected chi connectivity index (χ1v) is 5.73. The summed E-state index contributed by atoms with van der Waals surface area (Å²) in [5.74, 6) is 1.36. The molecule has 17 heavy (non-hydrogen) atoms. The SMILES string of the molecule is CCc1nc(N)c2cc3ccccc3cc2n1. The lowest BCUT2D eigenvalue weighted by atomic mass is 10.1. The summed E-state index contributed by atoms with van der Waals surface area (Å²) < 4.78 is 0. The average molecular weight is 223 g/mol. The molecule has 0 radical (unpaired) electrons. The number of nitrogens with zero attached hydrogens (tertiary/aromatic N) is 2. The van der Waals surface area contributed by atoms with Crippen LogP contribution in [0.1, 0.15) is 12.7 Å². The van der Waals surface area contributed by atoms with Crippen LogP contribution in [0.5, 0.6) is 0 Å². The highest BCUT2D eigenvalue weighted by atomic mass is 14.9. The molecule has 0 aliphatic heterocycles. The quantitative estimate of drug-likeness (QED) is 0.645. The molecule has 0 bridgehead atoms. The normalized spacial score (nSPS) is 11.1. The van der Waals surface area contributed by atoms with Crippen molar-refractivity contribution < 1.29 is 0 Å². The maximum atomic E-state index is 5.97. The summed E-state index contributed by atoms with van der Waals surface area (Å²) >= 11 is 0. The molecule has 0 saturated heterocycles. The number of hydrogen-bond donors (Lipinski definition) is 1. The van der Waals surface area contributed by atoms with Crippen molar-refractivity contribution in [2.45, 2.75) is 13.3 Å². The third-order valence-corrected chi connectivity index (χ3v) is 2.96. The van der Waals surface area contributed by atoms with Crippen molar-refractivity contribution in [3.8, 4) is 0 Å². The number of rotatable bonds is 1. The molecule has 84 valence electrons. The second kappa shape index (κ2) is 3.70. The van der Waals surface area contributed by atoms with E-state index in [4.69, 9.17) is 5.73 Å².